The fourth-order valence-corrected chi connectivity index (χ4v) is 2.73. The number of rotatable bonds is 5. The Hall–Kier alpha value is -1.60. The van der Waals surface area contributed by atoms with Gasteiger partial charge in [0.15, 0.2) is 0 Å². The van der Waals surface area contributed by atoms with Gasteiger partial charge in [-0.05, 0) is 40.0 Å². The lowest BCUT2D eigenvalue weighted by molar-refractivity contribution is 0.136. The maximum atomic E-state index is 12.1. The highest BCUT2D eigenvalue weighted by molar-refractivity contribution is 5.88. The van der Waals surface area contributed by atoms with Crippen LogP contribution in [0.15, 0.2) is 12.4 Å². The lowest BCUT2D eigenvalue weighted by Gasteiger charge is -2.35. The van der Waals surface area contributed by atoms with E-state index in [9.17, 15) is 4.79 Å². The minimum Gasteiger partial charge on any atom is -0.326 e. The summed E-state index contributed by atoms with van der Waals surface area (Å²) >= 11 is 0. The van der Waals surface area contributed by atoms with Gasteiger partial charge in [0.2, 0.25) is 0 Å². The number of nitrogens with zero attached hydrogens (tertiary/aromatic N) is 5. The number of aryl methyl sites for hydroxylation is 1. The summed E-state index contributed by atoms with van der Waals surface area (Å²) in [5.74, 6) is 0. The Morgan fingerprint density at radius 1 is 1.32 bits per heavy atom. The minimum atomic E-state index is -0.0928. The first kappa shape index (κ1) is 16.8. The van der Waals surface area contributed by atoms with Crippen LogP contribution in [0, 0.1) is 0 Å². The average Bonchev–Trinajstić information content (AvgIpc) is 2.90. The van der Waals surface area contributed by atoms with Crippen molar-refractivity contribution >= 4 is 11.7 Å². The lowest BCUT2D eigenvalue weighted by atomic mass is 10.0. The summed E-state index contributed by atoms with van der Waals surface area (Å²) in [4.78, 5) is 18.6. The number of piperidine rings is 1. The maximum absolute atomic E-state index is 12.1. The number of nitrogens with one attached hydrogen (secondary N) is 1. The van der Waals surface area contributed by atoms with E-state index in [1.165, 1.54) is 12.8 Å². The molecule has 2 rings (SSSR count). The molecule has 7 nitrogen and oxygen atoms in total. The summed E-state index contributed by atoms with van der Waals surface area (Å²) in [5.41, 5.74) is 0.725. The third-order valence-electron chi connectivity index (χ3n) is 4.40. The van der Waals surface area contributed by atoms with Gasteiger partial charge < -0.3 is 20.0 Å². The molecule has 1 N–H and O–H groups in total. The van der Waals surface area contributed by atoms with Gasteiger partial charge in [-0.25, -0.2) is 4.79 Å². The number of carbonyl (C=O) groups excluding carboxylic acids is 1. The number of hydrogen-bond donors (Lipinski definition) is 1. The third kappa shape index (κ3) is 4.71. The molecule has 7 heteroatoms. The van der Waals surface area contributed by atoms with Crippen molar-refractivity contribution in [3.63, 3.8) is 0 Å². The highest BCUT2D eigenvalue weighted by Crippen LogP contribution is 2.13. The predicted molar refractivity (Wildman–Crippen MR) is 88.0 cm³/mol. The molecular weight excluding hydrogens is 280 g/mol. The number of likely N-dealkylation sites (N-methyl/N-ethyl adjacent to an activating group) is 2. The molecule has 0 aromatic carbocycles. The van der Waals surface area contributed by atoms with Crippen LogP contribution in [0.2, 0.25) is 0 Å². The van der Waals surface area contributed by atoms with E-state index in [-0.39, 0.29) is 6.03 Å². The number of likely N-dealkylation sites (tertiary alicyclic amines) is 1. The molecule has 0 spiro atoms. The van der Waals surface area contributed by atoms with E-state index in [1.54, 1.807) is 22.0 Å². The van der Waals surface area contributed by atoms with Crippen molar-refractivity contribution < 1.29 is 4.79 Å². The molecule has 1 fully saturated rings. The molecule has 22 heavy (non-hydrogen) atoms. The Balaban J connectivity index is 1.72. The van der Waals surface area contributed by atoms with Gasteiger partial charge in [0, 0.05) is 39.4 Å². The smallest absolute Gasteiger partial charge is 0.321 e. The van der Waals surface area contributed by atoms with Crippen molar-refractivity contribution in [1.82, 2.24) is 24.5 Å². The molecular formula is C15H28N6O. The van der Waals surface area contributed by atoms with Crippen molar-refractivity contribution in [2.75, 3.05) is 52.6 Å². The van der Waals surface area contributed by atoms with E-state index in [2.05, 4.69) is 34.3 Å². The van der Waals surface area contributed by atoms with E-state index in [1.807, 2.05) is 14.1 Å². The Morgan fingerprint density at radius 2 is 2.00 bits per heavy atom. The molecule has 0 saturated carbocycles. The summed E-state index contributed by atoms with van der Waals surface area (Å²) < 4.78 is 1.67. The zero-order valence-electron chi connectivity index (χ0n) is 14.1. The zero-order chi connectivity index (χ0) is 16.1. The molecule has 1 aromatic rings. The lowest BCUT2D eigenvalue weighted by Crippen LogP contribution is -2.45. The highest BCUT2D eigenvalue weighted by Gasteiger charge is 2.21. The van der Waals surface area contributed by atoms with Crippen molar-refractivity contribution in [2.45, 2.75) is 18.9 Å². The number of carbonyl (C=O) groups is 1. The monoisotopic (exact) mass is 308 g/mol. The topological polar surface area (TPSA) is 56.6 Å². The normalized spacial score (nSPS) is 17.0. The van der Waals surface area contributed by atoms with Gasteiger partial charge in [-0.2, -0.15) is 5.10 Å². The van der Waals surface area contributed by atoms with Crippen LogP contribution in [0.1, 0.15) is 12.8 Å². The molecule has 1 aliphatic heterocycles. The second kappa shape index (κ2) is 7.60. The molecule has 2 heterocycles. The largest absolute Gasteiger partial charge is 0.326 e. The molecule has 0 unspecified atom stereocenters. The fraction of sp³-hybridized carbons (Fsp3) is 0.733. The van der Waals surface area contributed by atoms with Crippen molar-refractivity contribution in [3.8, 4) is 0 Å². The Kier molecular flexibility index (Phi) is 5.79. The SMILES string of the molecule is CN1CCC(N(C)CCN(C)C(=O)Nc2cnn(C)c2)CC1. The number of amides is 2. The van der Waals surface area contributed by atoms with E-state index in [4.69, 9.17) is 0 Å². The first-order chi connectivity index (χ1) is 10.5. The molecule has 1 saturated heterocycles. The predicted octanol–water partition coefficient (Wildman–Crippen LogP) is 0.910. The summed E-state index contributed by atoms with van der Waals surface area (Å²) in [6.45, 7) is 3.93. The third-order valence-corrected chi connectivity index (χ3v) is 4.40. The standard InChI is InChI=1S/C15H28N6O/c1-18-7-5-14(6-8-18)19(2)9-10-20(3)15(22)17-13-11-16-21(4)12-13/h11-12,14H,5-10H2,1-4H3,(H,17,22). The molecule has 0 radical (unpaired) electrons. The van der Waals surface area contributed by atoms with E-state index in [0.717, 1.165) is 31.9 Å². The van der Waals surface area contributed by atoms with Crippen LogP contribution in [-0.4, -0.2) is 83.9 Å². The van der Waals surface area contributed by atoms with Gasteiger partial charge in [0.25, 0.3) is 0 Å². The first-order valence-electron chi connectivity index (χ1n) is 7.85. The minimum absolute atomic E-state index is 0.0928. The number of aromatic nitrogens is 2. The molecule has 2 amide bonds. The van der Waals surface area contributed by atoms with Crippen LogP contribution >= 0.6 is 0 Å². The number of anilines is 1. The van der Waals surface area contributed by atoms with E-state index >= 15 is 0 Å². The Bertz CT molecular complexity index is 480. The zero-order valence-corrected chi connectivity index (χ0v) is 14.1. The Morgan fingerprint density at radius 3 is 2.59 bits per heavy atom. The van der Waals surface area contributed by atoms with Crippen molar-refractivity contribution in [3.05, 3.63) is 12.4 Å². The molecule has 0 atom stereocenters. The van der Waals surface area contributed by atoms with E-state index in [0.29, 0.717) is 6.04 Å². The maximum Gasteiger partial charge on any atom is 0.321 e. The van der Waals surface area contributed by atoms with Crippen LogP contribution in [0.4, 0.5) is 10.5 Å². The number of urea groups is 1. The highest BCUT2D eigenvalue weighted by atomic mass is 16.2. The van der Waals surface area contributed by atoms with Gasteiger partial charge >= 0.3 is 6.03 Å². The Labute approximate surface area is 132 Å². The molecule has 0 bridgehead atoms. The summed E-state index contributed by atoms with van der Waals surface area (Å²) in [5, 5.41) is 6.89. The summed E-state index contributed by atoms with van der Waals surface area (Å²) in [7, 11) is 7.99. The van der Waals surface area contributed by atoms with Crippen LogP contribution < -0.4 is 5.32 Å². The van der Waals surface area contributed by atoms with Crippen LogP contribution in [0.5, 0.6) is 0 Å². The van der Waals surface area contributed by atoms with Gasteiger partial charge in [0.05, 0.1) is 11.9 Å². The van der Waals surface area contributed by atoms with Gasteiger partial charge in [0.1, 0.15) is 0 Å². The van der Waals surface area contributed by atoms with Crippen molar-refractivity contribution in [1.29, 1.82) is 0 Å². The fourth-order valence-electron chi connectivity index (χ4n) is 2.73. The quantitative estimate of drug-likeness (QED) is 0.878. The number of hydrogen-bond acceptors (Lipinski definition) is 4. The first-order valence-corrected chi connectivity index (χ1v) is 7.85. The molecule has 1 aromatic heterocycles. The second-order valence-corrected chi connectivity index (χ2v) is 6.27. The van der Waals surface area contributed by atoms with E-state index < -0.39 is 0 Å². The second-order valence-electron chi connectivity index (χ2n) is 6.27. The van der Waals surface area contributed by atoms with Gasteiger partial charge in [-0.15, -0.1) is 0 Å². The van der Waals surface area contributed by atoms with Crippen LogP contribution in [-0.2, 0) is 7.05 Å². The summed E-state index contributed by atoms with van der Waals surface area (Å²) in [6, 6.07) is 0.538. The van der Waals surface area contributed by atoms with Crippen LogP contribution in [0.3, 0.4) is 0 Å². The molecule has 124 valence electrons. The van der Waals surface area contributed by atoms with Gasteiger partial charge in [-0.1, -0.05) is 0 Å². The summed E-state index contributed by atoms with van der Waals surface area (Å²) in [6.07, 6.45) is 5.85. The molecule has 1 aliphatic rings. The van der Waals surface area contributed by atoms with Crippen molar-refractivity contribution in [2.24, 2.45) is 7.05 Å². The van der Waals surface area contributed by atoms with Crippen LogP contribution in [0.25, 0.3) is 0 Å². The van der Waals surface area contributed by atoms with Gasteiger partial charge in [-0.3, -0.25) is 4.68 Å². The molecule has 0 aliphatic carbocycles. The average molecular weight is 308 g/mol.